The van der Waals surface area contributed by atoms with Crippen LogP contribution in [0.2, 0.25) is 0 Å². The molecule has 4 rings (SSSR count). The number of nitrogens with zero attached hydrogens (tertiary/aromatic N) is 4. The molecule has 2 aromatic heterocycles. The fraction of sp³-hybridized carbons (Fsp3) is 0.154. The number of hydrogen-bond donors (Lipinski definition) is 3. The second-order valence-corrected chi connectivity index (χ2v) is 8.70. The minimum atomic E-state index is -1.00. The summed E-state index contributed by atoms with van der Waals surface area (Å²) in [5, 5.41) is 28.7. The molecule has 2 heterocycles. The van der Waals surface area contributed by atoms with Gasteiger partial charge in [0.2, 0.25) is 11.6 Å². The Balaban J connectivity index is 1.60. The normalized spacial score (nSPS) is 11.5. The van der Waals surface area contributed by atoms with Crippen LogP contribution in [0.5, 0.6) is 5.75 Å². The third-order valence-electron chi connectivity index (χ3n) is 5.18. The number of thioether (sulfide) groups is 1. The van der Waals surface area contributed by atoms with Crippen LogP contribution >= 0.6 is 11.8 Å². The van der Waals surface area contributed by atoms with Gasteiger partial charge in [-0.15, -0.1) is 0 Å². The van der Waals surface area contributed by atoms with Crippen molar-refractivity contribution in [2.75, 3.05) is 18.9 Å². The van der Waals surface area contributed by atoms with Gasteiger partial charge in [0.05, 0.1) is 24.4 Å². The molecular formula is C26H20FN5O4S. The fourth-order valence-electron chi connectivity index (χ4n) is 3.38. The summed E-state index contributed by atoms with van der Waals surface area (Å²) in [5.74, 6) is 0.716. The van der Waals surface area contributed by atoms with E-state index in [9.17, 15) is 14.8 Å². The van der Waals surface area contributed by atoms with E-state index in [0.29, 0.717) is 44.8 Å². The summed E-state index contributed by atoms with van der Waals surface area (Å²) >= 11 is 1.22. The number of nitriles is 1. The maximum Gasteiger partial charge on any atom is 0.236 e. The largest absolute Gasteiger partial charge is 0.491 e. The van der Waals surface area contributed by atoms with Gasteiger partial charge in [0, 0.05) is 16.9 Å². The Labute approximate surface area is 215 Å². The summed E-state index contributed by atoms with van der Waals surface area (Å²) in [7, 11) is 0. The zero-order valence-corrected chi connectivity index (χ0v) is 20.1. The molecule has 0 radical (unpaired) electrons. The van der Waals surface area contributed by atoms with Crippen LogP contribution in [0.3, 0.4) is 0 Å². The molecule has 0 aliphatic carbocycles. The van der Waals surface area contributed by atoms with Crippen molar-refractivity contribution in [3.05, 3.63) is 83.3 Å². The van der Waals surface area contributed by atoms with E-state index < -0.39 is 12.7 Å². The van der Waals surface area contributed by atoms with Crippen LogP contribution in [0.15, 0.2) is 64.2 Å². The molecule has 0 bridgehead atoms. The highest BCUT2D eigenvalue weighted by Crippen LogP contribution is 2.42. The number of ether oxygens (including phenoxy) is 1. The van der Waals surface area contributed by atoms with Gasteiger partial charge in [-0.3, -0.25) is 0 Å². The minimum absolute atomic E-state index is 0.00921. The molecule has 186 valence electrons. The third-order valence-corrected chi connectivity index (χ3v) is 6.19. The molecule has 0 aliphatic heterocycles. The lowest BCUT2D eigenvalue weighted by molar-refractivity contribution is 0.0536. The lowest BCUT2D eigenvalue weighted by Crippen LogP contribution is -2.21. The van der Waals surface area contributed by atoms with E-state index in [1.165, 1.54) is 30.2 Å². The quantitative estimate of drug-likeness (QED) is 0.215. The van der Waals surface area contributed by atoms with Gasteiger partial charge in [0.1, 0.15) is 47.5 Å². The summed E-state index contributed by atoms with van der Waals surface area (Å²) in [6.07, 6.45) is 0.469. The standard InChI is InChI=1S/C26H20FN5O4S/c1-30-23-22(15-4-8-20(9-5-15)35-13-19(34)11-33)21(10-28)26(32-24(23)29)37-14-18-12-36-25(31-18)16-2-6-17(27)7-3-16/h2-9,12,19,33-34H,11,13-14H2,(H2,29,32)/t19-/m1/s1. The van der Waals surface area contributed by atoms with E-state index in [1.54, 1.807) is 36.4 Å². The summed E-state index contributed by atoms with van der Waals surface area (Å²) in [5.41, 5.74) is 8.46. The number of pyridine rings is 1. The average molecular weight is 518 g/mol. The predicted octanol–water partition coefficient (Wildman–Crippen LogP) is 4.57. The maximum absolute atomic E-state index is 13.2. The Kier molecular flexibility index (Phi) is 8.01. The second kappa shape index (κ2) is 11.5. The molecule has 0 spiro atoms. The summed E-state index contributed by atoms with van der Waals surface area (Å²) < 4.78 is 24.1. The minimum Gasteiger partial charge on any atom is -0.491 e. The van der Waals surface area contributed by atoms with Crippen molar-refractivity contribution >= 4 is 23.3 Å². The number of rotatable bonds is 9. The predicted molar refractivity (Wildman–Crippen MR) is 135 cm³/mol. The van der Waals surface area contributed by atoms with Gasteiger partial charge >= 0.3 is 0 Å². The highest BCUT2D eigenvalue weighted by molar-refractivity contribution is 7.98. The summed E-state index contributed by atoms with van der Waals surface area (Å²) in [6, 6.07) is 14.5. The molecule has 11 heteroatoms. The van der Waals surface area contributed by atoms with Crippen molar-refractivity contribution in [2.24, 2.45) is 0 Å². The number of hydrogen-bond acceptors (Lipinski definition) is 9. The SMILES string of the molecule is [C-]#[N+]c1c(N)nc(SCc2coc(-c3ccc(F)cc3)n2)c(C#N)c1-c1ccc(OC[C@H](O)CO)cc1. The Hall–Kier alpha value is -4.42. The van der Waals surface area contributed by atoms with Gasteiger partial charge in [0.25, 0.3) is 0 Å². The highest BCUT2D eigenvalue weighted by atomic mass is 32.2. The van der Waals surface area contributed by atoms with Gasteiger partial charge in [-0.1, -0.05) is 23.9 Å². The van der Waals surface area contributed by atoms with Crippen LogP contribution in [-0.4, -0.2) is 39.5 Å². The van der Waals surface area contributed by atoms with E-state index in [0.717, 1.165) is 0 Å². The van der Waals surface area contributed by atoms with Crippen molar-refractivity contribution in [1.29, 1.82) is 5.26 Å². The number of benzene rings is 2. The van der Waals surface area contributed by atoms with Crippen molar-refractivity contribution in [2.45, 2.75) is 16.9 Å². The first-order chi connectivity index (χ1) is 17.9. The monoisotopic (exact) mass is 517 g/mol. The van der Waals surface area contributed by atoms with Crippen molar-refractivity contribution in [3.8, 4) is 34.4 Å². The molecule has 0 saturated heterocycles. The number of aliphatic hydroxyl groups is 2. The Morgan fingerprint density at radius 2 is 1.86 bits per heavy atom. The zero-order valence-electron chi connectivity index (χ0n) is 19.3. The molecule has 0 unspecified atom stereocenters. The molecular weight excluding hydrogens is 497 g/mol. The topological polar surface area (TPSA) is 143 Å². The molecule has 0 aliphatic rings. The summed E-state index contributed by atoms with van der Waals surface area (Å²) in [4.78, 5) is 12.2. The number of halogens is 1. The van der Waals surface area contributed by atoms with Crippen LogP contribution in [0.25, 0.3) is 27.4 Å². The van der Waals surface area contributed by atoms with Crippen LogP contribution in [0.4, 0.5) is 15.9 Å². The van der Waals surface area contributed by atoms with Crippen molar-refractivity contribution in [1.82, 2.24) is 9.97 Å². The second-order valence-electron chi connectivity index (χ2n) is 7.74. The average Bonchev–Trinajstić information content (AvgIpc) is 3.39. The molecule has 9 nitrogen and oxygen atoms in total. The fourth-order valence-corrected chi connectivity index (χ4v) is 4.25. The van der Waals surface area contributed by atoms with Crippen molar-refractivity contribution in [3.63, 3.8) is 0 Å². The van der Waals surface area contributed by atoms with Crippen LogP contribution in [0.1, 0.15) is 11.3 Å². The molecule has 2 aromatic carbocycles. The van der Waals surface area contributed by atoms with Crippen LogP contribution < -0.4 is 10.5 Å². The van der Waals surface area contributed by atoms with Gasteiger partial charge in [-0.2, -0.15) is 5.26 Å². The number of oxazole rings is 1. The Morgan fingerprint density at radius 1 is 1.16 bits per heavy atom. The number of aromatic nitrogens is 2. The van der Waals surface area contributed by atoms with E-state index in [2.05, 4.69) is 20.9 Å². The van der Waals surface area contributed by atoms with E-state index in [1.807, 2.05) is 0 Å². The number of aliphatic hydroxyl groups excluding tert-OH is 2. The number of nitrogens with two attached hydrogens (primary N) is 1. The Bertz CT molecular complexity index is 1480. The van der Waals surface area contributed by atoms with E-state index in [-0.39, 0.29) is 29.5 Å². The molecule has 4 aromatic rings. The van der Waals surface area contributed by atoms with Crippen LogP contribution in [-0.2, 0) is 5.75 Å². The van der Waals surface area contributed by atoms with Crippen molar-refractivity contribution < 1.29 is 23.8 Å². The molecule has 0 amide bonds. The smallest absolute Gasteiger partial charge is 0.236 e. The molecule has 0 fully saturated rings. The van der Waals surface area contributed by atoms with Gasteiger partial charge in [0.15, 0.2) is 0 Å². The van der Waals surface area contributed by atoms with Crippen LogP contribution in [0, 0.1) is 23.7 Å². The van der Waals surface area contributed by atoms with Gasteiger partial charge in [-0.05, 0) is 42.0 Å². The lowest BCUT2D eigenvalue weighted by atomic mass is 10.00. The summed E-state index contributed by atoms with van der Waals surface area (Å²) in [6.45, 7) is 7.09. The lowest BCUT2D eigenvalue weighted by Gasteiger charge is -2.14. The molecule has 4 N–H and O–H groups in total. The molecule has 1 atom stereocenters. The van der Waals surface area contributed by atoms with E-state index in [4.69, 9.17) is 26.6 Å². The highest BCUT2D eigenvalue weighted by Gasteiger charge is 2.21. The maximum atomic E-state index is 13.2. The van der Waals surface area contributed by atoms with Gasteiger partial charge < -0.3 is 25.1 Å². The number of nitrogen functional groups attached to an aromatic ring is 1. The van der Waals surface area contributed by atoms with E-state index >= 15 is 0 Å². The zero-order chi connectivity index (χ0) is 26.4. The number of anilines is 1. The third kappa shape index (κ3) is 5.88. The Morgan fingerprint density at radius 3 is 2.51 bits per heavy atom. The van der Waals surface area contributed by atoms with Gasteiger partial charge in [-0.25, -0.2) is 19.2 Å². The first kappa shape index (κ1) is 25.7. The molecule has 0 saturated carbocycles. The molecule has 37 heavy (non-hydrogen) atoms. The first-order valence-corrected chi connectivity index (χ1v) is 11.9. The first-order valence-electron chi connectivity index (χ1n) is 10.9.